The predicted molar refractivity (Wildman–Crippen MR) is 74.7 cm³/mol. The molecule has 0 aromatic carbocycles. The molecule has 1 saturated carbocycles. The van der Waals surface area contributed by atoms with Gasteiger partial charge in [-0.1, -0.05) is 0 Å². The summed E-state index contributed by atoms with van der Waals surface area (Å²) in [4.78, 5) is 35.0. The van der Waals surface area contributed by atoms with Gasteiger partial charge >= 0.3 is 5.97 Å². The van der Waals surface area contributed by atoms with Gasteiger partial charge in [0.15, 0.2) is 0 Å². The summed E-state index contributed by atoms with van der Waals surface area (Å²) in [7, 11) is 0. The Bertz CT molecular complexity index is 341. The summed E-state index contributed by atoms with van der Waals surface area (Å²) in [6, 6.07) is 0. The number of rotatable bonds is 3. The Labute approximate surface area is 124 Å². The third-order valence-corrected chi connectivity index (χ3v) is 3.79. The summed E-state index contributed by atoms with van der Waals surface area (Å²) in [5.41, 5.74) is 0. The average molecular weight is 308 g/mol. The van der Waals surface area contributed by atoms with E-state index in [2.05, 4.69) is 11.7 Å². The molecule has 2 fully saturated rings. The zero-order valence-corrected chi connectivity index (χ0v) is 12.1. The standard InChI is InChI=1S/C12H17NO4.ClH.H4N2/c14-10-5-6-11(15)13(10)7-8-1-3-9(4-2-8)12(16)17;;1-2/h8-9H,1-7H2,(H,16,17);1H;1-2H2. The van der Waals surface area contributed by atoms with Gasteiger partial charge in [0.05, 0.1) is 5.92 Å². The van der Waals surface area contributed by atoms with Gasteiger partial charge in [0.2, 0.25) is 11.8 Å². The van der Waals surface area contributed by atoms with Crippen molar-refractivity contribution in [2.24, 2.45) is 23.5 Å². The zero-order chi connectivity index (χ0) is 14.4. The van der Waals surface area contributed by atoms with E-state index < -0.39 is 5.97 Å². The quantitative estimate of drug-likeness (QED) is 0.390. The van der Waals surface area contributed by atoms with Crippen molar-refractivity contribution in [3.05, 3.63) is 0 Å². The lowest BCUT2D eigenvalue weighted by Crippen LogP contribution is -2.36. The van der Waals surface area contributed by atoms with Crippen LogP contribution in [0.4, 0.5) is 0 Å². The SMILES string of the molecule is Cl.NN.O=C(O)C1CCC(CN2C(=O)CCC2=O)CC1. The Morgan fingerprint density at radius 3 is 1.95 bits per heavy atom. The number of nitrogens with zero attached hydrogens (tertiary/aromatic N) is 1. The molecule has 1 heterocycles. The molecular formula is C12H22ClN3O4. The fraction of sp³-hybridized carbons (Fsp3) is 0.750. The minimum atomic E-state index is -0.725. The Kier molecular flexibility index (Phi) is 8.36. The summed E-state index contributed by atoms with van der Waals surface area (Å²) in [5, 5.41) is 8.87. The molecule has 1 aliphatic heterocycles. The van der Waals surface area contributed by atoms with E-state index in [-0.39, 0.29) is 36.1 Å². The van der Waals surface area contributed by atoms with Crippen LogP contribution >= 0.6 is 12.4 Å². The summed E-state index contributed by atoms with van der Waals surface area (Å²) in [6.07, 6.45) is 3.60. The van der Waals surface area contributed by atoms with Gasteiger partial charge < -0.3 is 5.11 Å². The minimum absolute atomic E-state index is 0. The molecule has 7 nitrogen and oxygen atoms in total. The van der Waals surface area contributed by atoms with Crippen molar-refractivity contribution in [1.82, 2.24) is 4.90 Å². The number of aliphatic carboxylic acids is 1. The number of hydrazine groups is 1. The van der Waals surface area contributed by atoms with E-state index in [9.17, 15) is 14.4 Å². The van der Waals surface area contributed by atoms with E-state index in [1.807, 2.05) is 0 Å². The largest absolute Gasteiger partial charge is 0.481 e. The first-order valence-electron chi connectivity index (χ1n) is 6.47. The smallest absolute Gasteiger partial charge is 0.306 e. The van der Waals surface area contributed by atoms with Crippen molar-refractivity contribution in [3.8, 4) is 0 Å². The highest BCUT2D eigenvalue weighted by Gasteiger charge is 2.33. The first-order chi connectivity index (χ1) is 9.08. The number of hydrogen-bond acceptors (Lipinski definition) is 5. The van der Waals surface area contributed by atoms with Crippen molar-refractivity contribution in [1.29, 1.82) is 0 Å². The number of hydrogen-bond donors (Lipinski definition) is 3. The molecule has 0 radical (unpaired) electrons. The molecule has 2 rings (SSSR count). The van der Waals surface area contributed by atoms with E-state index >= 15 is 0 Å². The Morgan fingerprint density at radius 1 is 1.10 bits per heavy atom. The van der Waals surface area contributed by atoms with Crippen molar-refractivity contribution < 1.29 is 19.5 Å². The molecule has 1 saturated heterocycles. The van der Waals surface area contributed by atoms with Crippen LogP contribution in [0.25, 0.3) is 0 Å². The summed E-state index contributed by atoms with van der Waals surface area (Å²) < 4.78 is 0. The van der Waals surface area contributed by atoms with E-state index in [1.165, 1.54) is 4.90 Å². The van der Waals surface area contributed by atoms with Gasteiger partial charge in [0.25, 0.3) is 0 Å². The number of imide groups is 1. The van der Waals surface area contributed by atoms with Gasteiger partial charge in [-0.15, -0.1) is 12.4 Å². The molecule has 0 bridgehead atoms. The first-order valence-corrected chi connectivity index (χ1v) is 6.47. The molecule has 0 spiro atoms. The molecule has 2 amide bonds. The van der Waals surface area contributed by atoms with E-state index in [0.717, 1.165) is 12.8 Å². The molecule has 0 aromatic heterocycles. The molecule has 2 aliphatic rings. The van der Waals surface area contributed by atoms with Crippen molar-refractivity contribution >= 4 is 30.2 Å². The molecule has 8 heteroatoms. The lowest BCUT2D eigenvalue weighted by molar-refractivity contribution is -0.144. The van der Waals surface area contributed by atoms with E-state index in [1.54, 1.807) is 0 Å². The molecule has 0 atom stereocenters. The third kappa shape index (κ3) is 4.73. The van der Waals surface area contributed by atoms with Crippen LogP contribution in [-0.4, -0.2) is 34.3 Å². The summed E-state index contributed by atoms with van der Waals surface area (Å²) in [5.74, 6) is 7.18. The summed E-state index contributed by atoms with van der Waals surface area (Å²) >= 11 is 0. The topological polar surface area (TPSA) is 127 Å². The van der Waals surface area contributed by atoms with Crippen LogP contribution < -0.4 is 11.7 Å². The maximum atomic E-state index is 11.4. The molecule has 0 unspecified atom stereocenters. The summed E-state index contributed by atoms with van der Waals surface area (Å²) in [6.45, 7) is 0.490. The van der Waals surface area contributed by atoms with Crippen LogP contribution in [-0.2, 0) is 14.4 Å². The molecule has 1 aliphatic carbocycles. The number of amides is 2. The Balaban J connectivity index is 0.00000115. The van der Waals surface area contributed by atoms with Gasteiger partial charge in [-0.25, -0.2) is 0 Å². The molecule has 20 heavy (non-hydrogen) atoms. The Morgan fingerprint density at radius 2 is 1.55 bits per heavy atom. The first kappa shape index (κ1) is 18.8. The second-order valence-electron chi connectivity index (χ2n) is 4.95. The molecule has 0 aromatic rings. The van der Waals surface area contributed by atoms with E-state index in [4.69, 9.17) is 5.11 Å². The number of carboxylic acid groups (broad SMARTS) is 1. The molecule has 5 N–H and O–H groups in total. The Hall–Kier alpha value is -1.18. The maximum absolute atomic E-state index is 11.4. The highest BCUT2D eigenvalue weighted by atomic mass is 35.5. The average Bonchev–Trinajstić information content (AvgIpc) is 2.73. The lowest BCUT2D eigenvalue weighted by Gasteiger charge is -2.28. The number of carboxylic acids is 1. The lowest BCUT2D eigenvalue weighted by atomic mass is 9.82. The molecular weight excluding hydrogens is 286 g/mol. The second-order valence-corrected chi connectivity index (χ2v) is 4.95. The number of nitrogens with two attached hydrogens (primary N) is 2. The van der Waals surface area contributed by atoms with Gasteiger partial charge in [-0.3, -0.25) is 31.0 Å². The van der Waals surface area contributed by atoms with Crippen LogP contribution in [0.1, 0.15) is 38.5 Å². The van der Waals surface area contributed by atoms with Gasteiger partial charge in [0.1, 0.15) is 0 Å². The second kappa shape index (κ2) is 8.89. The van der Waals surface area contributed by atoms with Crippen molar-refractivity contribution in [2.45, 2.75) is 38.5 Å². The van der Waals surface area contributed by atoms with Crippen molar-refractivity contribution in [3.63, 3.8) is 0 Å². The van der Waals surface area contributed by atoms with E-state index in [0.29, 0.717) is 32.2 Å². The maximum Gasteiger partial charge on any atom is 0.306 e. The van der Waals surface area contributed by atoms with Crippen molar-refractivity contribution in [2.75, 3.05) is 6.54 Å². The fourth-order valence-corrected chi connectivity index (χ4v) is 2.68. The third-order valence-electron chi connectivity index (χ3n) is 3.79. The van der Waals surface area contributed by atoms with Crippen LogP contribution in [0, 0.1) is 11.8 Å². The van der Waals surface area contributed by atoms with Crippen LogP contribution in [0.15, 0.2) is 0 Å². The zero-order valence-electron chi connectivity index (χ0n) is 11.3. The number of halogens is 1. The normalized spacial score (nSPS) is 25.6. The number of likely N-dealkylation sites (tertiary alicyclic amines) is 1. The number of carbonyl (C=O) groups is 3. The minimum Gasteiger partial charge on any atom is -0.481 e. The van der Waals surface area contributed by atoms with Gasteiger partial charge in [0, 0.05) is 19.4 Å². The van der Waals surface area contributed by atoms with Crippen LogP contribution in [0.2, 0.25) is 0 Å². The monoisotopic (exact) mass is 307 g/mol. The van der Waals surface area contributed by atoms with Gasteiger partial charge in [-0.05, 0) is 31.6 Å². The molecule has 116 valence electrons. The predicted octanol–water partition coefficient (Wildman–Crippen LogP) is 0.267. The van der Waals surface area contributed by atoms with Crippen LogP contribution in [0.5, 0.6) is 0 Å². The number of carbonyl (C=O) groups excluding carboxylic acids is 2. The van der Waals surface area contributed by atoms with Crippen LogP contribution in [0.3, 0.4) is 0 Å². The fourth-order valence-electron chi connectivity index (χ4n) is 2.68. The van der Waals surface area contributed by atoms with Gasteiger partial charge in [-0.2, -0.15) is 0 Å². The highest BCUT2D eigenvalue weighted by Crippen LogP contribution is 2.30. The highest BCUT2D eigenvalue weighted by molar-refractivity contribution is 6.01.